The number of thiazole rings is 1. The van der Waals surface area contributed by atoms with E-state index in [-0.39, 0.29) is 10.7 Å². The fourth-order valence-electron chi connectivity index (χ4n) is 1.34. The van der Waals surface area contributed by atoms with Crippen LogP contribution in [0.4, 0.5) is 5.69 Å². The van der Waals surface area contributed by atoms with Crippen LogP contribution in [0.15, 0.2) is 24.4 Å². The number of non-ortho nitro benzene ring substituents is 1. The Labute approximate surface area is 112 Å². The molecule has 1 aromatic carbocycles. The minimum Gasteiger partial charge on any atom is -0.486 e. The summed E-state index contributed by atoms with van der Waals surface area (Å²) in [6.45, 7) is 2.26. The van der Waals surface area contributed by atoms with Crippen LogP contribution < -0.4 is 4.74 Å². The second kappa shape index (κ2) is 5.32. The van der Waals surface area contributed by atoms with E-state index in [9.17, 15) is 10.1 Å². The predicted molar refractivity (Wildman–Crippen MR) is 69.3 cm³/mol. The molecule has 0 spiro atoms. The van der Waals surface area contributed by atoms with E-state index >= 15 is 0 Å². The molecule has 0 aliphatic rings. The number of rotatable bonds is 4. The number of aryl methyl sites for hydroxylation is 1. The predicted octanol–water partition coefficient (Wildman–Crippen LogP) is 3.59. The Morgan fingerprint density at radius 3 is 2.89 bits per heavy atom. The largest absolute Gasteiger partial charge is 0.486 e. The summed E-state index contributed by atoms with van der Waals surface area (Å²) in [5.41, 5.74) is -0.0546. The lowest BCUT2D eigenvalue weighted by molar-refractivity contribution is -0.384. The van der Waals surface area contributed by atoms with Gasteiger partial charge in [-0.05, 0) is 13.0 Å². The SMILES string of the molecule is Cc1ncc(COc2ccc([N+](=O)[O-])cc2Cl)s1. The van der Waals surface area contributed by atoms with Crippen molar-refractivity contribution in [3.63, 3.8) is 0 Å². The summed E-state index contributed by atoms with van der Waals surface area (Å²) in [5.74, 6) is 0.424. The van der Waals surface area contributed by atoms with Crippen LogP contribution in [-0.4, -0.2) is 9.91 Å². The van der Waals surface area contributed by atoms with Crippen molar-refractivity contribution >= 4 is 28.6 Å². The first kappa shape index (κ1) is 12.8. The monoisotopic (exact) mass is 284 g/mol. The van der Waals surface area contributed by atoms with Crippen LogP contribution in [-0.2, 0) is 6.61 Å². The van der Waals surface area contributed by atoms with E-state index in [0.717, 1.165) is 9.88 Å². The van der Waals surface area contributed by atoms with Crippen molar-refractivity contribution in [2.24, 2.45) is 0 Å². The lowest BCUT2D eigenvalue weighted by Crippen LogP contribution is -1.94. The van der Waals surface area contributed by atoms with Gasteiger partial charge in [-0.25, -0.2) is 4.98 Å². The van der Waals surface area contributed by atoms with Gasteiger partial charge in [0.05, 0.1) is 19.8 Å². The van der Waals surface area contributed by atoms with Crippen LogP contribution in [0.1, 0.15) is 9.88 Å². The Morgan fingerprint density at radius 1 is 1.56 bits per heavy atom. The van der Waals surface area contributed by atoms with E-state index in [2.05, 4.69) is 4.98 Å². The normalized spacial score (nSPS) is 10.3. The minimum absolute atomic E-state index is 0.0546. The van der Waals surface area contributed by atoms with Crippen molar-refractivity contribution in [2.45, 2.75) is 13.5 Å². The Hall–Kier alpha value is -1.66. The second-order valence-corrected chi connectivity index (χ2v) is 5.23. The number of ether oxygens (including phenoxy) is 1. The molecule has 0 unspecified atom stereocenters. The van der Waals surface area contributed by atoms with E-state index in [1.54, 1.807) is 6.20 Å². The van der Waals surface area contributed by atoms with Gasteiger partial charge in [0.15, 0.2) is 0 Å². The molecule has 2 aromatic rings. The van der Waals surface area contributed by atoms with Crippen LogP contribution in [0.3, 0.4) is 0 Å². The van der Waals surface area contributed by atoms with Gasteiger partial charge in [-0.3, -0.25) is 10.1 Å². The van der Waals surface area contributed by atoms with Crippen LogP contribution >= 0.6 is 22.9 Å². The average molecular weight is 285 g/mol. The molecule has 0 bridgehead atoms. The Bertz CT molecular complexity index is 585. The summed E-state index contributed by atoms with van der Waals surface area (Å²) in [6.07, 6.45) is 1.74. The number of hydrogen-bond donors (Lipinski definition) is 0. The summed E-state index contributed by atoms with van der Waals surface area (Å²) in [4.78, 5) is 15.1. The van der Waals surface area contributed by atoms with Crippen LogP contribution in [0.2, 0.25) is 5.02 Å². The maximum Gasteiger partial charge on any atom is 0.271 e. The number of nitro groups is 1. The standard InChI is InChI=1S/C11H9ClN2O3S/c1-7-13-5-9(18-7)6-17-11-3-2-8(14(15)16)4-10(11)12/h2-5H,6H2,1H3. The van der Waals surface area contributed by atoms with Crippen molar-refractivity contribution in [1.82, 2.24) is 4.98 Å². The number of halogens is 1. The third-order valence-electron chi connectivity index (χ3n) is 2.17. The fourth-order valence-corrected chi connectivity index (χ4v) is 2.28. The third-order valence-corrected chi connectivity index (χ3v) is 3.35. The van der Waals surface area contributed by atoms with Crippen molar-refractivity contribution in [2.75, 3.05) is 0 Å². The Kier molecular flexibility index (Phi) is 3.78. The van der Waals surface area contributed by atoms with Crippen molar-refractivity contribution in [3.8, 4) is 5.75 Å². The van der Waals surface area contributed by atoms with Crippen molar-refractivity contribution in [3.05, 3.63) is 49.4 Å². The highest BCUT2D eigenvalue weighted by atomic mass is 35.5. The molecular formula is C11H9ClN2O3S. The zero-order valence-corrected chi connectivity index (χ0v) is 11.0. The molecule has 0 saturated carbocycles. The molecule has 18 heavy (non-hydrogen) atoms. The molecule has 0 saturated heterocycles. The fraction of sp³-hybridized carbons (Fsp3) is 0.182. The van der Waals surface area contributed by atoms with Gasteiger partial charge >= 0.3 is 0 Å². The molecule has 0 N–H and O–H groups in total. The molecule has 0 aliphatic heterocycles. The molecular weight excluding hydrogens is 276 g/mol. The van der Waals surface area contributed by atoms with E-state index in [1.807, 2.05) is 6.92 Å². The number of nitro benzene ring substituents is 1. The summed E-state index contributed by atoms with van der Waals surface area (Å²) >= 11 is 7.44. The van der Waals surface area contributed by atoms with E-state index < -0.39 is 4.92 Å². The van der Waals surface area contributed by atoms with Gasteiger partial charge in [0, 0.05) is 18.3 Å². The quantitative estimate of drug-likeness (QED) is 0.635. The van der Waals surface area contributed by atoms with Gasteiger partial charge < -0.3 is 4.74 Å². The van der Waals surface area contributed by atoms with Crippen LogP contribution in [0, 0.1) is 17.0 Å². The van der Waals surface area contributed by atoms with Gasteiger partial charge in [-0.1, -0.05) is 11.6 Å². The first-order valence-corrected chi connectivity index (χ1v) is 6.24. The molecule has 2 rings (SSSR count). The number of aromatic nitrogens is 1. The van der Waals surface area contributed by atoms with E-state index in [0.29, 0.717) is 12.4 Å². The third kappa shape index (κ3) is 2.96. The molecule has 94 valence electrons. The Morgan fingerprint density at radius 2 is 2.33 bits per heavy atom. The zero-order valence-electron chi connectivity index (χ0n) is 9.42. The summed E-state index contributed by atoms with van der Waals surface area (Å²) in [6, 6.07) is 4.13. The molecule has 0 fully saturated rings. The van der Waals surface area contributed by atoms with Gasteiger partial charge in [-0.2, -0.15) is 0 Å². The highest BCUT2D eigenvalue weighted by Crippen LogP contribution is 2.29. The summed E-state index contributed by atoms with van der Waals surface area (Å²) in [7, 11) is 0. The summed E-state index contributed by atoms with van der Waals surface area (Å²) in [5, 5.41) is 11.7. The van der Waals surface area contributed by atoms with Gasteiger partial charge in [0.1, 0.15) is 12.4 Å². The average Bonchev–Trinajstić information content (AvgIpc) is 2.73. The van der Waals surface area contributed by atoms with Gasteiger partial charge in [0.25, 0.3) is 5.69 Å². The molecule has 0 radical (unpaired) electrons. The van der Waals surface area contributed by atoms with E-state index in [1.165, 1.54) is 29.5 Å². The maximum absolute atomic E-state index is 10.5. The molecule has 7 heteroatoms. The Balaban J connectivity index is 2.08. The molecule has 0 amide bonds. The zero-order chi connectivity index (χ0) is 13.1. The molecule has 0 atom stereocenters. The second-order valence-electron chi connectivity index (χ2n) is 3.51. The molecule has 1 aromatic heterocycles. The molecule has 0 aliphatic carbocycles. The number of nitrogens with zero attached hydrogens (tertiary/aromatic N) is 2. The first-order chi connectivity index (χ1) is 8.56. The number of hydrogen-bond acceptors (Lipinski definition) is 5. The van der Waals surface area contributed by atoms with Crippen molar-refractivity contribution < 1.29 is 9.66 Å². The lowest BCUT2D eigenvalue weighted by atomic mass is 10.3. The topological polar surface area (TPSA) is 65.3 Å². The lowest BCUT2D eigenvalue weighted by Gasteiger charge is -2.05. The van der Waals surface area contributed by atoms with Crippen LogP contribution in [0.5, 0.6) is 5.75 Å². The number of benzene rings is 1. The van der Waals surface area contributed by atoms with Gasteiger partial charge in [-0.15, -0.1) is 11.3 Å². The minimum atomic E-state index is -0.498. The smallest absolute Gasteiger partial charge is 0.271 e. The molecule has 5 nitrogen and oxygen atoms in total. The van der Waals surface area contributed by atoms with Crippen molar-refractivity contribution in [1.29, 1.82) is 0 Å². The molecule has 1 heterocycles. The summed E-state index contributed by atoms with van der Waals surface area (Å²) < 4.78 is 5.49. The highest BCUT2D eigenvalue weighted by Gasteiger charge is 2.10. The maximum atomic E-state index is 10.5. The van der Waals surface area contributed by atoms with Gasteiger partial charge in [0.2, 0.25) is 0 Å². The first-order valence-electron chi connectivity index (χ1n) is 5.04. The van der Waals surface area contributed by atoms with E-state index in [4.69, 9.17) is 16.3 Å². The highest BCUT2D eigenvalue weighted by molar-refractivity contribution is 7.11. The van der Waals surface area contributed by atoms with Crippen LogP contribution in [0.25, 0.3) is 0 Å².